The van der Waals surface area contributed by atoms with Crippen LogP contribution in [0.15, 0.2) is 29.2 Å². The number of sulfonamides is 1. The molecule has 1 aromatic carbocycles. The highest BCUT2D eigenvalue weighted by Crippen LogP contribution is 2.20. The van der Waals surface area contributed by atoms with Crippen molar-refractivity contribution in [3.05, 3.63) is 29.8 Å². The lowest BCUT2D eigenvalue weighted by Gasteiger charge is -2.18. The van der Waals surface area contributed by atoms with E-state index in [1.54, 1.807) is 6.92 Å². The van der Waals surface area contributed by atoms with Crippen molar-refractivity contribution in [3.8, 4) is 0 Å². The molecule has 1 aliphatic rings. The first kappa shape index (κ1) is 21.4. The molecule has 7 nitrogen and oxygen atoms in total. The van der Waals surface area contributed by atoms with Crippen LogP contribution in [0.4, 0.5) is 0 Å². The minimum absolute atomic E-state index is 0.0204. The minimum Gasteiger partial charge on any atom is -0.352 e. The standard InChI is InChI=1S/C19H29N3O4S/c1-4-13(2)20-18(23)14(3)21-19(24)15-8-7-11-17(12-15)27(25,26)22-16-9-5-6-10-16/h7-8,11-14,16,22H,4-6,9-10H2,1-3H3,(H,20,23)(H,21,24)/t13-,14+/m0/s1. The molecule has 0 radical (unpaired) electrons. The second-order valence-electron chi connectivity index (χ2n) is 7.14. The molecule has 0 heterocycles. The van der Waals surface area contributed by atoms with Crippen LogP contribution in [0, 0.1) is 0 Å². The van der Waals surface area contributed by atoms with Gasteiger partial charge < -0.3 is 10.6 Å². The van der Waals surface area contributed by atoms with E-state index in [0.29, 0.717) is 0 Å². The van der Waals surface area contributed by atoms with Gasteiger partial charge >= 0.3 is 0 Å². The number of carbonyl (C=O) groups excluding carboxylic acids is 2. The third-order valence-electron chi connectivity index (χ3n) is 4.83. The predicted molar refractivity (Wildman–Crippen MR) is 104 cm³/mol. The van der Waals surface area contributed by atoms with Gasteiger partial charge in [0.05, 0.1) is 4.90 Å². The van der Waals surface area contributed by atoms with Crippen LogP contribution in [-0.4, -0.2) is 38.4 Å². The van der Waals surface area contributed by atoms with Gasteiger partial charge in [0, 0.05) is 17.6 Å². The number of nitrogens with one attached hydrogen (secondary N) is 3. The average Bonchev–Trinajstić information content (AvgIpc) is 3.13. The molecule has 0 unspecified atom stereocenters. The lowest BCUT2D eigenvalue weighted by molar-refractivity contribution is -0.123. The molecule has 1 aromatic rings. The zero-order valence-corrected chi connectivity index (χ0v) is 16.9. The van der Waals surface area contributed by atoms with Gasteiger partial charge in [-0.05, 0) is 51.3 Å². The van der Waals surface area contributed by atoms with Crippen LogP contribution in [0.2, 0.25) is 0 Å². The Hall–Kier alpha value is -1.93. The van der Waals surface area contributed by atoms with Crippen molar-refractivity contribution in [2.24, 2.45) is 0 Å². The van der Waals surface area contributed by atoms with E-state index in [-0.39, 0.29) is 28.4 Å². The average molecular weight is 396 g/mol. The zero-order valence-electron chi connectivity index (χ0n) is 16.1. The molecule has 150 valence electrons. The van der Waals surface area contributed by atoms with E-state index in [1.165, 1.54) is 24.3 Å². The number of carbonyl (C=O) groups is 2. The zero-order chi connectivity index (χ0) is 20.0. The van der Waals surface area contributed by atoms with Crippen molar-refractivity contribution in [2.75, 3.05) is 0 Å². The fraction of sp³-hybridized carbons (Fsp3) is 0.579. The summed E-state index contributed by atoms with van der Waals surface area (Å²) in [6.45, 7) is 5.44. The molecule has 0 bridgehead atoms. The fourth-order valence-corrected chi connectivity index (χ4v) is 4.30. The summed E-state index contributed by atoms with van der Waals surface area (Å²) < 4.78 is 27.8. The second-order valence-corrected chi connectivity index (χ2v) is 8.86. The van der Waals surface area contributed by atoms with Crippen LogP contribution < -0.4 is 15.4 Å². The number of hydrogen-bond acceptors (Lipinski definition) is 4. The van der Waals surface area contributed by atoms with Gasteiger partial charge in [0.15, 0.2) is 0 Å². The Morgan fingerprint density at radius 2 is 1.81 bits per heavy atom. The lowest BCUT2D eigenvalue weighted by Crippen LogP contribution is -2.47. The maximum Gasteiger partial charge on any atom is 0.251 e. The number of benzene rings is 1. The summed E-state index contributed by atoms with van der Waals surface area (Å²) >= 11 is 0. The molecule has 3 N–H and O–H groups in total. The van der Waals surface area contributed by atoms with Crippen LogP contribution in [0.3, 0.4) is 0 Å². The molecule has 0 aromatic heterocycles. The van der Waals surface area contributed by atoms with Gasteiger partial charge in [-0.25, -0.2) is 13.1 Å². The van der Waals surface area contributed by atoms with Crippen molar-refractivity contribution in [1.29, 1.82) is 0 Å². The van der Waals surface area contributed by atoms with E-state index in [4.69, 9.17) is 0 Å². The molecule has 1 aliphatic carbocycles. The minimum atomic E-state index is -3.67. The predicted octanol–water partition coefficient (Wildman–Crippen LogP) is 1.94. The Kier molecular flexibility index (Phi) is 7.38. The molecule has 2 amide bonds. The van der Waals surface area contributed by atoms with Crippen LogP contribution in [0.5, 0.6) is 0 Å². The molecule has 1 saturated carbocycles. The molecule has 2 rings (SSSR count). The second kappa shape index (κ2) is 9.32. The van der Waals surface area contributed by atoms with E-state index >= 15 is 0 Å². The molecule has 2 atom stereocenters. The summed E-state index contributed by atoms with van der Waals surface area (Å²) in [4.78, 5) is 24.6. The summed E-state index contributed by atoms with van der Waals surface area (Å²) in [6, 6.07) is 5.12. The maximum atomic E-state index is 12.5. The van der Waals surface area contributed by atoms with Gasteiger partial charge in [0.25, 0.3) is 5.91 Å². The normalized spacial score (nSPS) is 17.3. The highest BCUT2D eigenvalue weighted by atomic mass is 32.2. The van der Waals surface area contributed by atoms with Crippen molar-refractivity contribution in [3.63, 3.8) is 0 Å². The van der Waals surface area contributed by atoms with Crippen LogP contribution >= 0.6 is 0 Å². The maximum absolute atomic E-state index is 12.5. The van der Waals surface area contributed by atoms with Gasteiger partial charge in [-0.1, -0.05) is 25.8 Å². The highest BCUT2D eigenvalue weighted by Gasteiger charge is 2.24. The summed E-state index contributed by atoms with van der Waals surface area (Å²) in [5.41, 5.74) is 0.201. The number of hydrogen-bond donors (Lipinski definition) is 3. The Morgan fingerprint density at radius 1 is 1.15 bits per heavy atom. The molecular weight excluding hydrogens is 366 g/mol. The summed E-state index contributed by atoms with van der Waals surface area (Å²) in [7, 11) is -3.67. The van der Waals surface area contributed by atoms with Crippen LogP contribution in [0.1, 0.15) is 63.2 Å². The molecular formula is C19H29N3O4S. The quantitative estimate of drug-likeness (QED) is 0.626. The Morgan fingerprint density at radius 3 is 2.44 bits per heavy atom. The van der Waals surface area contributed by atoms with Gasteiger partial charge in [-0.3, -0.25) is 9.59 Å². The summed E-state index contributed by atoms with van der Waals surface area (Å²) in [5, 5.41) is 5.41. The first-order valence-corrected chi connectivity index (χ1v) is 10.9. The summed E-state index contributed by atoms with van der Waals surface area (Å²) in [5.74, 6) is -0.760. The van der Waals surface area contributed by atoms with Gasteiger partial charge in [-0.15, -0.1) is 0 Å². The number of rotatable bonds is 8. The third kappa shape index (κ3) is 6.04. The smallest absolute Gasteiger partial charge is 0.251 e. The Balaban J connectivity index is 2.05. The molecule has 0 spiro atoms. The topological polar surface area (TPSA) is 104 Å². The Bertz CT molecular complexity index is 773. The van der Waals surface area contributed by atoms with E-state index in [1.807, 2.05) is 13.8 Å². The van der Waals surface area contributed by atoms with Crippen molar-refractivity contribution >= 4 is 21.8 Å². The molecule has 27 heavy (non-hydrogen) atoms. The van der Waals surface area contributed by atoms with E-state index < -0.39 is 22.0 Å². The van der Waals surface area contributed by atoms with Gasteiger partial charge in [-0.2, -0.15) is 0 Å². The lowest BCUT2D eigenvalue weighted by atomic mass is 10.2. The third-order valence-corrected chi connectivity index (χ3v) is 6.34. The van der Waals surface area contributed by atoms with Gasteiger partial charge in [0.1, 0.15) is 6.04 Å². The van der Waals surface area contributed by atoms with E-state index in [9.17, 15) is 18.0 Å². The molecule has 0 saturated heterocycles. The van der Waals surface area contributed by atoms with Crippen molar-refractivity contribution < 1.29 is 18.0 Å². The highest BCUT2D eigenvalue weighted by molar-refractivity contribution is 7.89. The monoisotopic (exact) mass is 395 g/mol. The number of amides is 2. The summed E-state index contributed by atoms with van der Waals surface area (Å²) in [6.07, 6.45) is 4.50. The first-order valence-electron chi connectivity index (χ1n) is 9.46. The molecule has 8 heteroatoms. The van der Waals surface area contributed by atoms with Crippen molar-refractivity contribution in [2.45, 2.75) is 75.9 Å². The van der Waals surface area contributed by atoms with Crippen molar-refractivity contribution in [1.82, 2.24) is 15.4 Å². The Labute approximate surface area is 161 Å². The fourth-order valence-electron chi connectivity index (χ4n) is 2.95. The van der Waals surface area contributed by atoms with E-state index in [0.717, 1.165) is 32.1 Å². The first-order chi connectivity index (χ1) is 12.7. The van der Waals surface area contributed by atoms with Crippen LogP contribution in [-0.2, 0) is 14.8 Å². The molecule has 0 aliphatic heterocycles. The largest absolute Gasteiger partial charge is 0.352 e. The SMILES string of the molecule is CC[C@H](C)NC(=O)[C@@H](C)NC(=O)c1cccc(S(=O)(=O)NC2CCCC2)c1. The van der Waals surface area contributed by atoms with Gasteiger partial charge in [0.2, 0.25) is 15.9 Å². The molecule has 1 fully saturated rings. The van der Waals surface area contributed by atoms with E-state index in [2.05, 4.69) is 15.4 Å². The van der Waals surface area contributed by atoms with Crippen LogP contribution in [0.25, 0.3) is 0 Å².